The third-order valence-corrected chi connectivity index (χ3v) is 5.07. The highest BCUT2D eigenvalue weighted by atomic mass is 32.2. The highest BCUT2D eigenvalue weighted by Crippen LogP contribution is 2.41. The van der Waals surface area contributed by atoms with Gasteiger partial charge in [0.1, 0.15) is 5.88 Å². The Kier molecular flexibility index (Phi) is 4.93. The molecule has 1 aromatic heterocycles. The van der Waals surface area contributed by atoms with Crippen molar-refractivity contribution in [3.05, 3.63) is 95.3 Å². The SMILES string of the molecule is COc1ncccc1-c1ccccc1C1=CS[CH]N1Cc1ccccc1. The van der Waals surface area contributed by atoms with E-state index >= 15 is 0 Å². The van der Waals surface area contributed by atoms with Crippen LogP contribution in [0, 0.1) is 5.88 Å². The molecule has 0 saturated heterocycles. The molecular weight excluding hydrogens is 340 g/mol. The van der Waals surface area contributed by atoms with Crippen LogP contribution in [0.2, 0.25) is 0 Å². The van der Waals surface area contributed by atoms with Crippen LogP contribution < -0.4 is 4.74 Å². The van der Waals surface area contributed by atoms with E-state index in [-0.39, 0.29) is 0 Å². The highest BCUT2D eigenvalue weighted by Gasteiger charge is 2.22. The molecule has 2 aromatic carbocycles. The Hall–Kier alpha value is -2.72. The van der Waals surface area contributed by atoms with Gasteiger partial charge in [-0.15, -0.1) is 11.8 Å². The van der Waals surface area contributed by atoms with Crippen molar-refractivity contribution in [3.8, 4) is 17.0 Å². The van der Waals surface area contributed by atoms with Gasteiger partial charge < -0.3 is 9.64 Å². The Morgan fingerprint density at radius 2 is 1.62 bits per heavy atom. The van der Waals surface area contributed by atoms with Crippen LogP contribution in [0.15, 0.2) is 78.3 Å². The third-order valence-electron chi connectivity index (χ3n) is 4.33. The summed E-state index contributed by atoms with van der Waals surface area (Å²) < 4.78 is 5.48. The summed E-state index contributed by atoms with van der Waals surface area (Å²) in [5.74, 6) is 2.81. The number of rotatable bonds is 5. The number of thioether (sulfide) groups is 1. The first-order valence-corrected chi connectivity index (χ1v) is 9.39. The topological polar surface area (TPSA) is 25.4 Å². The predicted octanol–water partition coefficient (Wildman–Crippen LogP) is 5.42. The van der Waals surface area contributed by atoms with Crippen LogP contribution in [-0.4, -0.2) is 17.0 Å². The lowest BCUT2D eigenvalue weighted by atomic mass is 9.98. The van der Waals surface area contributed by atoms with Gasteiger partial charge in [-0.05, 0) is 28.7 Å². The monoisotopic (exact) mass is 359 g/mol. The summed E-state index contributed by atoms with van der Waals surface area (Å²) in [5, 5.41) is 2.20. The molecule has 0 spiro atoms. The van der Waals surface area contributed by atoms with E-state index < -0.39 is 0 Å². The molecule has 0 N–H and O–H groups in total. The molecule has 0 unspecified atom stereocenters. The summed E-state index contributed by atoms with van der Waals surface area (Å²) >= 11 is 1.71. The molecule has 0 amide bonds. The number of ether oxygens (including phenoxy) is 1. The summed E-state index contributed by atoms with van der Waals surface area (Å²) in [6.07, 6.45) is 1.76. The van der Waals surface area contributed by atoms with Gasteiger partial charge in [0.2, 0.25) is 5.88 Å². The van der Waals surface area contributed by atoms with Crippen molar-refractivity contribution < 1.29 is 4.74 Å². The van der Waals surface area contributed by atoms with Gasteiger partial charge in [0.05, 0.1) is 12.8 Å². The molecule has 0 atom stereocenters. The maximum atomic E-state index is 5.48. The Bertz CT molecular complexity index is 924. The second-order valence-corrected chi connectivity index (χ2v) is 6.68. The smallest absolute Gasteiger partial charge is 0.221 e. The standard InChI is InChI=1S/C22H19N2OS/c1-25-22-20(12-7-13-23-22)18-10-5-6-11-19(18)21-15-26-16-24(21)14-17-8-3-2-4-9-17/h2-13,15-16H,14H2,1H3. The number of aromatic nitrogens is 1. The van der Waals surface area contributed by atoms with E-state index in [0.29, 0.717) is 5.88 Å². The van der Waals surface area contributed by atoms with Gasteiger partial charge in [-0.1, -0.05) is 54.6 Å². The van der Waals surface area contributed by atoms with Crippen LogP contribution in [0.5, 0.6) is 5.88 Å². The van der Waals surface area contributed by atoms with Gasteiger partial charge in [0.25, 0.3) is 0 Å². The van der Waals surface area contributed by atoms with Gasteiger partial charge in [0.15, 0.2) is 0 Å². The molecule has 0 fully saturated rings. The molecule has 3 aromatic rings. The summed E-state index contributed by atoms with van der Waals surface area (Å²) in [6, 6.07) is 22.9. The maximum Gasteiger partial charge on any atom is 0.221 e. The van der Waals surface area contributed by atoms with Crippen LogP contribution in [0.4, 0.5) is 0 Å². The van der Waals surface area contributed by atoms with Crippen LogP contribution in [0.1, 0.15) is 11.1 Å². The highest BCUT2D eigenvalue weighted by molar-refractivity contribution is 8.04. The van der Waals surface area contributed by atoms with E-state index in [1.807, 2.05) is 12.1 Å². The number of hydrogen-bond acceptors (Lipinski definition) is 4. The van der Waals surface area contributed by atoms with Crippen molar-refractivity contribution in [2.24, 2.45) is 0 Å². The van der Waals surface area contributed by atoms with Gasteiger partial charge in [-0.3, -0.25) is 0 Å². The molecule has 2 heterocycles. The Balaban J connectivity index is 1.72. The first kappa shape index (κ1) is 16.7. The Morgan fingerprint density at radius 1 is 0.885 bits per heavy atom. The van der Waals surface area contributed by atoms with E-state index in [9.17, 15) is 0 Å². The summed E-state index contributed by atoms with van der Waals surface area (Å²) in [6.45, 7) is 0.845. The molecule has 1 aliphatic heterocycles. The van der Waals surface area contributed by atoms with Crippen molar-refractivity contribution in [1.82, 2.24) is 9.88 Å². The lowest BCUT2D eigenvalue weighted by molar-refractivity contribution is 0.399. The molecule has 0 bridgehead atoms. The lowest BCUT2D eigenvalue weighted by Gasteiger charge is -2.23. The van der Waals surface area contributed by atoms with Crippen molar-refractivity contribution in [2.45, 2.75) is 6.54 Å². The maximum absolute atomic E-state index is 5.48. The van der Waals surface area contributed by atoms with Crippen LogP contribution in [-0.2, 0) is 6.54 Å². The molecule has 3 nitrogen and oxygen atoms in total. The van der Waals surface area contributed by atoms with E-state index in [1.54, 1.807) is 25.1 Å². The zero-order valence-electron chi connectivity index (χ0n) is 14.5. The Labute approximate surface area is 158 Å². The first-order chi connectivity index (χ1) is 12.9. The molecule has 1 radical (unpaired) electrons. The first-order valence-electron chi connectivity index (χ1n) is 8.45. The van der Waals surface area contributed by atoms with E-state index in [0.717, 1.165) is 17.7 Å². The molecule has 1 aliphatic rings. The summed E-state index contributed by atoms with van der Waals surface area (Å²) in [7, 11) is 1.66. The van der Waals surface area contributed by atoms with Gasteiger partial charge in [-0.25, -0.2) is 4.98 Å². The fourth-order valence-electron chi connectivity index (χ4n) is 3.11. The minimum Gasteiger partial charge on any atom is -0.481 e. The zero-order chi connectivity index (χ0) is 17.8. The minimum absolute atomic E-state index is 0.643. The van der Waals surface area contributed by atoms with Crippen LogP contribution in [0.3, 0.4) is 0 Å². The predicted molar refractivity (Wildman–Crippen MR) is 108 cm³/mol. The summed E-state index contributed by atoms with van der Waals surface area (Å²) in [5.41, 5.74) is 5.78. The summed E-state index contributed by atoms with van der Waals surface area (Å²) in [4.78, 5) is 6.65. The van der Waals surface area contributed by atoms with Crippen molar-refractivity contribution >= 4 is 17.5 Å². The minimum atomic E-state index is 0.643. The van der Waals surface area contributed by atoms with Gasteiger partial charge in [0, 0.05) is 23.9 Å². The average Bonchev–Trinajstić information content (AvgIpc) is 3.16. The lowest BCUT2D eigenvalue weighted by Crippen LogP contribution is -2.15. The van der Waals surface area contributed by atoms with Gasteiger partial charge >= 0.3 is 0 Å². The number of hydrogen-bond donors (Lipinski definition) is 0. The number of benzene rings is 2. The van der Waals surface area contributed by atoms with Crippen LogP contribution >= 0.6 is 11.8 Å². The number of nitrogens with zero attached hydrogens (tertiary/aromatic N) is 2. The third kappa shape index (κ3) is 3.33. The largest absolute Gasteiger partial charge is 0.481 e. The average molecular weight is 359 g/mol. The Morgan fingerprint density at radius 3 is 2.42 bits per heavy atom. The quantitative estimate of drug-likeness (QED) is 0.607. The molecule has 4 heteroatoms. The van der Waals surface area contributed by atoms with Crippen molar-refractivity contribution in [1.29, 1.82) is 0 Å². The fraction of sp³-hybridized carbons (Fsp3) is 0.0909. The number of pyridine rings is 1. The molecular formula is C22H19N2OS. The molecule has 4 rings (SSSR count). The van der Waals surface area contributed by atoms with Crippen molar-refractivity contribution in [3.63, 3.8) is 0 Å². The van der Waals surface area contributed by atoms with E-state index in [2.05, 4.69) is 75.8 Å². The van der Waals surface area contributed by atoms with Crippen molar-refractivity contribution in [2.75, 3.05) is 7.11 Å². The number of methoxy groups -OCH3 is 1. The molecule has 0 saturated carbocycles. The normalized spacial score (nSPS) is 13.6. The van der Waals surface area contributed by atoms with E-state index in [1.165, 1.54) is 16.8 Å². The molecule has 129 valence electrons. The zero-order valence-corrected chi connectivity index (χ0v) is 15.3. The van der Waals surface area contributed by atoms with Crippen LogP contribution in [0.25, 0.3) is 16.8 Å². The van der Waals surface area contributed by atoms with Gasteiger partial charge in [-0.2, -0.15) is 0 Å². The second-order valence-electron chi connectivity index (χ2n) is 5.96. The molecule has 0 aliphatic carbocycles. The second kappa shape index (κ2) is 7.67. The van der Waals surface area contributed by atoms with E-state index in [4.69, 9.17) is 4.74 Å². The molecule has 26 heavy (non-hydrogen) atoms. The fourth-order valence-corrected chi connectivity index (χ4v) is 3.90.